The minimum Gasteiger partial charge on any atom is -0.409 e. The molecule has 1 fully saturated rings. The van der Waals surface area contributed by atoms with Gasteiger partial charge in [0, 0.05) is 37.3 Å². The number of nitrogens with one attached hydrogen (secondary N) is 1. The van der Waals surface area contributed by atoms with Crippen LogP contribution in [0.25, 0.3) is 0 Å². The molecule has 0 bridgehead atoms. The molecule has 0 saturated heterocycles. The lowest BCUT2D eigenvalue weighted by Gasteiger charge is -2.20. The predicted molar refractivity (Wildman–Crippen MR) is 82.8 cm³/mol. The molecule has 0 aromatic heterocycles. The number of hydrogen-bond acceptors (Lipinski definition) is 4. The first-order chi connectivity index (χ1) is 10.0. The maximum absolute atomic E-state index is 12.3. The Morgan fingerprint density at radius 1 is 1.33 bits per heavy atom. The molecule has 2 unspecified atom stereocenters. The van der Waals surface area contributed by atoms with E-state index in [9.17, 15) is 4.79 Å². The highest BCUT2D eigenvalue weighted by molar-refractivity contribution is 5.95. The molecule has 0 heterocycles. The van der Waals surface area contributed by atoms with Crippen LogP contribution in [0.15, 0.2) is 29.4 Å². The number of amidine groups is 1. The van der Waals surface area contributed by atoms with Crippen LogP contribution in [-0.4, -0.2) is 37.1 Å². The minimum atomic E-state index is -0.122. The van der Waals surface area contributed by atoms with Gasteiger partial charge < -0.3 is 21.2 Å². The van der Waals surface area contributed by atoms with E-state index < -0.39 is 0 Å². The zero-order valence-corrected chi connectivity index (χ0v) is 12.4. The molecule has 1 amide bonds. The Kier molecular flexibility index (Phi) is 4.67. The standard InChI is InChI=1S/C15H22N4O2/c1-19(2)11-8-6-10(7-9-11)15(20)17-13-5-3-4-12(13)14(16)18-21/h6-9,12-13,21H,3-5H2,1-2H3,(H2,16,18)(H,17,20). The second-order valence-electron chi connectivity index (χ2n) is 5.58. The number of anilines is 1. The molecule has 6 nitrogen and oxygen atoms in total. The van der Waals surface area contributed by atoms with Crippen molar-refractivity contribution < 1.29 is 10.0 Å². The molecule has 0 radical (unpaired) electrons. The van der Waals surface area contributed by atoms with E-state index in [4.69, 9.17) is 10.9 Å². The molecule has 0 spiro atoms. The lowest BCUT2D eigenvalue weighted by molar-refractivity contribution is 0.0933. The maximum Gasteiger partial charge on any atom is 0.251 e. The van der Waals surface area contributed by atoms with Crippen LogP contribution < -0.4 is 16.0 Å². The summed E-state index contributed by atoms with van der Waals surface area (Å²) in [5, 5.41) is 14.8. The molecule has 1 aromatic carbocycles. The monoisotopic (exact) mass is 290 g/mol. The summed E-state index contributed by atoms with van der Waals surface area (Å²) in [6.45, 7) is 0. The Balaban J connectivity index is 2.04. The smallest absolute Gasteiger partial charge is 0.251 e. The molecule has 1 aromatic rings. The van der Waals surface area contributed by atoms with Crippen molar-refractivity contribution >= 4 is 17.4 Å². The molecular formula is C15H22N4O2. The largest absolute Gasteiger partial charge is 0.409 e. The van der Waals surface area contributed by atoms with Gasteiger partial charge in [-0.05, 0) is 37.1 Å². The minimum absolute atomic E-state index is 0.0677. The summed E-state index contributed by atoms with van der Waals surface area (Å²) in [6.07, 6.45) is 2.65. The fraction of sp³-hybridized carbons (Fsp3) is 0.467. The molecule has 1 aliphatic rings. The fourth-order valence-electron chi connectivity index (χ4n) is 2.72. The van der Waals surface area contributed by atoms with Crippen molar-refractivity contribution in [3.8, 4) is 0 Å². The average Bonchev–Trinajstić information content (AvgIpc) is 2.94. The first kappa shape index (κ1) is 15.2. The van der Waals surface area contributed by atoms with Gasteiger partial charge in [-0.3, -0.25) is 4.79 Å². The fourth-order valence-corrected chi connectivity index (χ4v) is 2.72. The van der Waals surface area contributed by atoms with E-state index in [1.54, 1.807) is 12.1 Å². The van der Waals surface area contributed by atoms with Crippen molar-refractivity contribution in [3.63, 3.8) is 0 Å². The molecule has 1 aliphatic carbocycles. The van der Waals surface area contributed by atoms with E-state index in [0.29, 0.717) is 5.56 Å². The van der Waals surface area contributed by atoms with Crippen molar-refractivity contribution in [1.29, 1.82) is 0 Å². The van der Waals surface area contributed by atoms with Crippen molar-refractivity contribution in [2.24, 2.45) is 16.8 Å². The Labute approximate surface area is 124 Å². The van der Waals surface area contributed by atoms with E-state index in [0.717, 1.165) is 24.9 Å². The molecule has 0 aliphatic heterocycles. The second kappa shape index (κ2) is 6.47. The molecule has 21 heavy (non-hydrogen) atoms. The molecule has 6 heteroatoms. The van der Waals surface area contributed by atoms with Gasteiger partial charge in [0.15, 0.2) is 0 Å². The van der Waals surface area contributed by atoms with E-state index in [-0.39, 0.29) is 23.7 Å². The van der Waals surface area contributed by atoms with E-state index >= 15 is 0 Å². The topological polar surface area (TPSA) is 91.0 Å². The van der Waals surface area contributed by atoms with Gasteiger partial charge in [0.25, 0.3) is 5.91 Å². The number of amides is 1. The van der Waals surface area contributed by atoms with Crippen molar-refractivity contribution in [1.82, 2.24) is 5.32 Å². The van der Waals surface area contributed by atoms with Gasteiger partial charge in [-0.1, -0.05) is 11.6 Å². The quantitative estimate of drug-likeness (QED) is 0.338. The zero-order chi connectivity index (χ0) is 15.4. The number of rotatable bonds is 4. The Morgan fingerprint density at radius 2 is 2.00 bits per heavy atom. The number of nitrogens with two attached hydrogens (primary N) is 1. The molecule has 2 rings (SSSR count). The van der Waals surface area contributed by atoms with Gasteiger partial charge in [-0.2, -0.15) is 0 Å². The zero-order valence-electron chi connectivity index (χ0n) is 12.4. The summed E-state index contributed by atoms with van der Waals surface area (Å²) in [7, 11) is 3.91. The van der Waals surface area contributed by atoms with Crippen LogP contribution >= 0.6 is 0 Å². The molecule has 4 N–H and O–H groups in total. The third-order valence-electron chi connectivity index (χ3n) is 3.97. The Hall–Kier alpha value is -2.24. The average molecular weight is 290 g/mol. The predicted octanol–water partition coefficient (Wildman–Crippen LogP) is 1.40. The summed E-state index contributed by atoms with van der Waals surface area (Å²) in [6, 6.07) is 7.35. The first-order valence-corrected chi connectivity index (χ1v) is 7.08. The highest BCUT2D eigenvalue weighted by Crippen LogP contribution is 2.26. The second-order valence-corrected chi connectivity index (χ2v) is 5.58. The number of carbonyl (C=O) groups is 1. The van der Waals surface area contributed by atoms with Gasteiger partial charge in [0.2, 0.25) is 0 Å². The molecular weight excluding hydrogens is 268 g/mol. The molecule has 114 valence electrons. The summed E-state index contributed by atoms with van der Waals surface area (Å²) >= 11 is 0. The van der Waals surface area contributed by atoms with Gasteiger partial charge in [-0.25, -0.2) is 0 Å². The van der Waals surface area contributed by atoms with Crippen molar-refractivity contribution in [2.45, 2.75) is 25.3 Å². The third kappa shape index (κ3) is 3.45. The number of nitrogens with zero attached hydrogens (tertiary/aromatic N) is 2. The normalized spacial score (nSPS) is 22.1. The summed E-state index contributed by atoms with van der Waals surface area (Å²) in [4.78, 5) is 14.2. The van der Waals surface area contributed by atoms with E-state index in [1.165, 1.54) is 0 Å². The van der Waals surface area contributed by atoms with Crippen molar-refractivity contribution in [2.75, 3.05) is 19.0 Å². The summed E-state index contributed by atoms with van der Waals surface area (Å²) < 4.78 is 0. The third-order valence-corrected chi connectivity index (χ3v) is 3.97. The number of carbonyl (C=O) groups excluding carboxylic acids is 1. The lowest BCUT2D eigenvalue weighted by Crippen LogP contribution is -2.42. The summed E-state index contributed by atoms with van der Waals surface area (Å²) in [5.41, 5.74) is 7.34. The van der Waals surface area contributed by atoms with Gasteiger partial charge in [-0.15, -0.1) is 0 Å². The maximum atomic E-state index is 12.3. The van der Waals surface area contributed by atoms with Gasteiger partial charge >= 0.3 is 0 Å². The summed E-state index contributed by atoms with van der Waals surface area (Å²) in [5.74, 6) is -0.0105. The SMILES string of the molecule is CN(C)c1ccc(C(=O)NC2CCCC2C(N)=NO)cc1. The van der Waals surface area contributed by atoms with Crippen molar-refractivity contribution in [3.05, 3.63) is 29.8 Å². The van der Waals surface area contributed by atoms with Gasteiger partial charge in [0.05, 0.1) is 0 Å². The molecule has 1 saturated carbocycles. The van der Waals surface area contributed by atoms with Crippen LogP contribution in [0.3, 0.4) is 0 Å². The molecule has 2 atom stereocenters. The number of benzene rings is 1. The highest BCUT2D eigenvalue weighted by atomic mass is 16.4. The van der Waals surface area contributed by atoms with Gasteiger partial charge in [0.1, 0.15) is 5.84 Å². The van der Waals surface area contributed by atoms with E-state index in [1.807, 2.05) is 31.1 Å². The van der Waals surface area contributed by atoms with Crippen LogP contribution in [-0.2, 0) is 0 Å². The van der Waals surface area contributed by atoms with E-state index in [2.05, 4.69) is 10.5 Å². The van der Waals surface area contributed by atoms with Crippen LogP contribution in [0.4, 0.5) is 5.69 Å². The Morgan fingerprint density at radius 3 is 2.57 bits per heavy atom. The van der Waals surface area contributed by atoms with Crippen LogP contribution in [0.5, 0.6) is 0 Å². The lowest BCUT2D eigenvalue weighted by atomic mass is 10.0. The van der Waals surface area contributed by atoms with Crippen LogP contribution in [0.1, 0.15) is 29.6 Å². The van der Waals surface area contributed by atoms with Crippen LogP contribution in [0.2, 0.25) is 0 Å². The highest BCUT2D eigenvalue weighted by Gasteiger charge is 2.31. The number of oxime groups is 1. The number of hydrogen-bond donors (Lipinski definition) is 3. The Bertz CT molecular complexity index is 525. The van der Waals surface area contributed by atoms with Crippen LogP contribution in [0, 0.1) is 5.92 Å². The first-order valence-electron chi connectivity index (χ1n) is 7.08.